The first kappa shape index (κ1) is 12.8. The lowest BCUT2D eigenvalue weighted by Crippen LogP contribution is -1.91. The second kappa shape index (κ2) is 5.36. The molecular weight excluding hydrogens is 220 g/mol. The molecule has 0 aromatic heterocycles. The molecule has 0 fully saturated rings. The van der Waals surface area contributed by atoms with Gasteiger partial charge in [-0.25, -0.2) is 0 Å². The molecule has 0 amide bonds. The van der Waals surface area contributed by atoms with Crippen LogP contribution in [0.15, 0.2) is 36.4 Å². The van der Waals surface area contributed by atoms with E-state index in [4.69, 9.17) is 0 Å². The highest BCUT2D eigenvalue weighted by atomic mass is 16.3. The molecule has 0 aliphatic rings. The van der Waals surface area contributed by atoms with Gasteiger partial charge in [0, 0.05) is 0 Å². The Morgan fingerprint density at radius 1 is 0.778 bits per heavy atom. The van der Waals surface area contributed by atoms with Crippen molar-refractivity contribution in [2.75, 3.05) is 0 Å². The van der Waals surface area contributed by atoms with E-state index in [9.17, 15) is 5.11 Å². The molecule has 0 atom stereocenters. The normalized spacial score (nSPS) is 10.7. The van der Waals surface area contributed by atoms with E-state index < -0.39 is 0 Å². The minimum absolute atomic E-state index is 0.103. The van der Waals surface area contributed by atoms with Crippen LogP contribution < -0.4 is 0 Å². The van der Waals surface area contributed by atoms with Gasteiger partial charge in [-0.3, -0.25) is 0 Å². The fourth-order valence-corrected chi connectivity index (χ4v) is 2.37. The fourth-order valence-electron chi connectivity index (χ4n) is 2.37. The van der Waals surface area contributed by atoms with Crippen LogP contribution in [0.3, 0.4) is 0 Å². The summed E-state index contributed by atoms with van der Waals surface area (Å²) in [5.74, 6) is 0. The largest absolute Gasteiger partial charge is 0.392 e. The van der Waals surface area contributed by atoms with Gasteiger partial charge in [0.15, 0.2) is 0 Å². The summed E-state index contributed by atoms with van der Waals surface area (Å²) >= 11 is 0. The van der Waals surface area contributed by atoms with Crippen LogP contribution in [0.1, 0.15) is 29.2 Å². The Hall–Kier alpha value is -1.60. The Morgan fingerprint density at radius 2 is 1.33 bits per heavy atom. The van der Waals surface area contributed by atoms with Gasteiger partial charge in [-0.2, -0.15) is 0 Å². The number of aryl methyl sites for hydroxylation is 3. The predicted molar refractivity (Wildman–Crippen MR) is 76.7 cm³/mol. The third kappa shape index (κ3) is 2.80. The molecular formula is C17H20O. The summed E-state index contributed by atoms with van der Waals surface area (Å²) in [5, 5.41) is 9.34. The van der Waals surface area contributed by atoms with Crippen LogP contribution in [0.4, 0.5) is 0 Å². The van der Waals surface area contributed by atoms with E-state index in [1.165, 1.54) is 27.8 Å². The SMILES string of the molecule is CCc1cc(CO)cc(-c2cc(C)cc(C)c2)c1. The highest BCUT2D eigenvalue weighted by Gasteiger charge is 2.03. The van der Waals surface area contributed by atoms with Gasteiger partial charge in [-0.1, -0.05) is 48.4 Å². The third-order valence-electron chi connectivity index (χ3n) is 3.20. The maximum Gasteiger partial charge on any atom is 0.0682 e. The molecule has 0 heterocycles. The lowest BCUT2D eigenvalue weighted by Gasteiger charge is -2.09. The van der Waals surface area contributed by atoms with E-state index in [0.717, 1.165) is 12.0 Å². The monoisotopic (exact) mass is 240 g/mol. The zero-order chi connectivity index (χ0) is 13.1. The number of hydrogen-bond acceptors (Lipinski definition) is 1. The number of aliphatic hydroxyl groups is 1. The highest BCUT2D eigenvalue weighted by molar-refractivity contribution is 5.66. The van der Waals surface area contributed by atoms with Gasteiger partial charge in [0.2, 0.25) is 0 Å². The number of hydrogen-bond donors (Lipinski definition) is 1. The molecule has 0 saturated carbocycles. The number of rotatable bonds is 3. The van der Waals surface area contributed by atoms with Crippen molar-refractivity contribution in [2.24, 2.45) is 0 Å². The van der Waals surface area contributed by atoms with Gasteiger partial charge in [0.25, 0.3) is 0 Å². The number of benzene rings is 2. The quantitative estimate of drug-likeness (QED) is 0.859. The van der Waals surface area contributed by atoms with Crippen molar-refractivity contribution in [1.82, 2.24) is 0 Å². The van der Waals surface area contributed by atoms with Crippen molar-refractivity contribution < 1.29 is 5.11 Å². The first-order valence-electron chi connectivity index (χ1n) is 6.44. The molecule has 1 nitrogen and oxygen atoms in total. The Balaban J connectivity index is 2.55. The second-order valence-electron chi connectivity index (χ2n) is 4.93. The van der Waals surface area contributed by atoms with Gasteiger partial charge in [-0.05, 0) is 48.6 Å². The average Bonchev–Trinajstić information content (AvgIpc) is 2.37. The first-order valence-corrected chi connectivity index (χ1v) is 6.44. The van der Waals surface area contributed by atoms with Crippen molar-refractivity contribution in [3.63, 3.8) is 0 Å². The molecule has 1 N–H and O–H groups in total. The van der Waals surface area contributed by atoms with Crippen LogP contribution in [0.2, 0.25) is 0 Å². The molecule has 0 radical (unpaired) electrons. The summed E-state index contributed by atoms with van der Waals surface area (Å²) in [4.78, 5) is 0. The molecule has 0 aliphatic carbocycles. The molecule has 2 aromatic rings. The number of aliphatic hydroxyl groups excluding tert-OH is 1. The fraction of sp³-hybridized carbons (Fsp3) is 0.294. The molecule has 18 heavy (non-hydrogen) atoms. The Labute approximate surface area is 109 Å². The Bertz CT molecular complexity index is 513. The zero-order valence-corrected chi connectivity index (χ0v) is 11.3. The van der Waals surface area contributed by atoms with Crippen LogP contribution in [0, 0.1) is 13.8 Å². The topological polar surface area (TPSA) is 20.2 Å². The van der Waals surface area contributed by atoms with Crippen molar-refractivity contribution in [2.45, 2.75) is 33.8 Å². The van der Waals surface area contributed by atoms with E-state index in [1.54, 1.807) is 0 Å². The summed E-state index contributed by atoms with van der Waals surface area (Å²) in [6.45, 7) is 6.48. The lowest BCUT2D eigenvalue weighted by atomic mass is 9.96. The van der Waals surface area contributed by atoms with Crippen LogP contribution >= 0.6 is 0 Å². The highest BCUT2D eigenvalue weighted by Crippen LogP contribution is 2.25. The molecule has 0 aliphatic heterocycles. The lowest BCUT2D eigenvalue weighted by molar-refractivity contribution is 0.282. The maximum absolute atomic E-state index is 9.34. The van der Waals surface area contributed by atoms with Crippen molar-refractivity contribution in [3.05, 3.63) is 58.7 Å². The van der Waals surface area contributed by atoms with E-state index in [2.05, 4.69) is 57.2 Å². The maximum atomic E-state index is 9.34. The van der Waals surface area contributed by atoms with E-state index in [1.807, 2.05) is 0 Å². The van der Waals surface area contributed by atoms with Crippen LogP contribution in [-0.4, -0.2) is 5.11 Å². The Kier molecular flexibility index (Phi) is 3.83. The van der Waals surface area contributed by atoms with Gasteiger partial charge < -0.3 is 5.11 Å². The standard InChI is InChI=1S/C17H20O/c1-4-14-8-15(11-18)10-17(9-14)16-6-12(2)5-13(3)7-16/h5-10,18H,4,11H2,1-3H3. The van der Waals surface area contributed by atoms with E-state index >= 15 is 0 Å². The van der Waals surface area contributed by atoms with Crippen molar-refractivity contribution >= 4 is 0 Å². The minimum Gasteiger partial charge on any atom is -0.392 e. The molecule has 0 unspecified atom stereocenters. The van der Waals surface area contributed by atoms with E-state index in [-0.39, 0.29) is 6.61 Å². The van der Waals surface area contributed by atoms with Gasteiger partial charge >= 0.3 is 0 Å². The molecule has 0 saturated heterocycles. The van der Waals surface area contributed by atoms with Crippen molar-refractivity contribution in [1.29, 1.82) is 0 Å². The second-order valence-corrected chi connectivity index (χ2v) is 4.93. The molecule has 2 aromatic carbocycles. The first-order chi connectivity index (χ1) is 8.62. The summed E-state index contributed by atoms with van der Waals surface area (Å²) < 4.78 is 0. The van der Waals surface area contributed by atoms with Crippen molar-refractivity contribution in [3.8, 4) is 11.1 Å². The molecule has 1 heteroatoms. The zero-order valence-electron chi connectivity index (χ0n) is 11.3. The van der Waals surface area contributed by atoms with E-state index in [0.29, 0.717) is 0 Å². The summed E-state index contributed by atoms with van der Waals surface area (Å²) in [5.41, 5.74) is 7.25. The summed E-state index contributed by atoms with van der Waals surface area (Å²) in [6, 6.07) is 12.9. The van der Waals surface area contributed by atoms with Crippen LogP contribution in [-0.2, 0) is 13.0 Å². The Morgan fingerprint density at radius 3 is 1.89 bits per heavy atom. The molecule has 0 spiro atoms. The van der Waals surface area contributed by atoms with Crippen LogP contribution in [0.5, 0.6) is 0 Å². The summed E-state index contributed by atoms with van der Waals surface area (Å²) in [7, 11) is 0. The summed E-state index contributed by atoms with van der Waals surface area (Å²) in [6.07, 6.45) is 0.992. The van der Waals surface area contributed by atoms with Crippen LogP contribution in [0.25, 0.3) is 11.1 Å². The molecule has 2 rings (SSSR count). The van der Waals surface area contributed by atoms with Gasteiger partial charge in [0.1, 0.15) is 0 Å². The third-order valence-corrected chi connectivity index (χ3v) is 3.20. The predicted octanol–water partition coefficient (Wildman–Crippen LogP) is 4.03. The molecule has 94 valence electrons. The average molecular weight is 240 g/mol. The smallest absolute Gasteiger partial charge is 0.0682 e. The molecule has 0 bridgehead atoms. The minimum atomic E-state index is 0.103. The van der Waals surface area contributed by atoms with Gasteiger partial charge in [-0.15, -0.1) is 0 Å². The van der Waals surface area contributed by atoms with Gasteiger partial charge in [0.05, 0.1) is 6.61 Å².